The highest BCUT2D eigenvalue weighted by molar-refractivity contribution is 7.89. The molecule has 20 heavy (non-hydrogen) atoms. The van der Waals surface area contributed by atoms with Crippen LogP contribution in [0.15, 0.2) is 17.0 Å². The van der Waals surface area contributed by atoms with E-state index in [-0.39, 0.29) is 27.4 Å². The molecule has 0 saturated carbocycles. The number of nitrogens with zero attached hydrogens (tertiary/aromatic N) is 1. The highest BCUT2D eigenvalue weighted by atomic mass is 35.5. The maximum Gasteiger partial charge on any atom is 0.243 e. The molecule has 2 rings (SSSR count). The summed E-state index contributed by atoms with van der Waals surface area (Å²) in [7, 11) is -2.34. The summed E-state index contributed by atoms with van der Waals surface area (Å²) in [6.07, 6.45) is 0.619. The standard InChI is InChI=1S/C12H14Cl2FNO3S/c1-16(9-2-3-19-7-9)20(17,18)10-4-8(6-13)12(14)11(15)5-10/h4-5,9H,2-3,6-7H2,1H3. The van der Waals surface area contributed by atoms with Crippen LogP contribution in [0.25, 0.3) is 0 Å². The average Bonchev–Trinajstić information content (AvgIpc) is 2.94. The summed E-state index contributed by atoms with van der Waals surface area (Å²) in [5, 5.41) is -0.147. The fourth-order valence-corrected chi connectivity index (χ4v) is 3.93. The predicted molar refractivity (Wildman–Crippen MR) is 75.1 cm³/mol. The monoisotopic (exact) mass is 341 g/mol. The minimum absolute atomic E-state index is 0.0602. The van der Waals surface area contributed by atoms with Crippen molar-refractivity contribution in [3.63, 3.8) is 0 Å². The lowest BCUT2D eigenvalue weighted by molar-refractivity contribution is 0.181. The molecule has 0 aliphatic carbocycles. The zero-order valence-electron chi connectivity index (χ0n) is 10.8. The van der Waals surface area contributed by atoms with Crippen LogP contribution in [-0.4, -0.2) is 39.0 Å². The minimum atomic E-state index is -3.80. The number of halogens is 3. The fourth-order valence-electron chi connectivity index (χ4n) is 2.04. The van der Waals surface area contributed by atoms with E-state index in [9.17, 15) is 12.8 Å². The van der Waals surface area contributed by atoms with E-state index in [4.69, 9.17) is 27.9 Å². The lowest BCUT2D eigenvalue weighted by Crippen LogP contribution is -2.37. The van der Waals surface area contributed by atoms with Gasteiger partial charge in [-0.15, -0.1) is 11.6 Å². The fraction of sp³-hybridized carbons (Fsp3) is 0.500. The molecule has 1 aliphatic rings. The van der Waals surface area contributed by atoms with Crippen LogP contribution < -0.4 is 0 Å². The number of benzene rings is 1. The molecule has 1 saturated heterocycles. The van der Waals surface area contributed by atoms with Crippen molar-refractivity contribution < 1.29 is 17.5 Å². The molecule has 112 valence electrons. The Labute approximate surface area is 127 Å². The minimum Gasteiger partial charge on any atom is -0.380 e. The molecule has 0 radical (unpaired) electrons. The van der Waals surface area contributed by atoms with Gasteiger partial charge in [0.15, 0.2) is 0 Å². The van der Waals surface area contributed by atoms with Crippen molar-refractivity contribution in [3.05, 3.63) is 28.5 Å². The van der Waals surface area contributed by atoms with Crippen molar-refractivity contribution in [3.8, 4) is 0 Å². The van der Waals surface area contributed by atoms with Crippen LogP contribution in [-0.2, 0) is 20.6 Å². The Kier molecular flexibility index (Phi) is 4.92. The third kappa shape index (κ3) is 2.94. The topological polar surface area (TPSA) is 46.6 Å². The van der Waals surface area contributed by atoms with Gasteiger partial charge in [0.1, 0.15) is 5.82 Å². The third-order valence-electron chi connectivity index (χ3n) is 3.32. The van der Waals surface area contributed by atoms with E-state index >= 15 is 0 Å². The molecule has 1 heterocycles. The molecule has 0 spiro atoms. The normalized spacial score (nSPS) is 19.8. The van der Waals surface area contributed by atoms with Gasteiger partial charge in [-0.05, 0) is 24.1 Å². The van der Waals surface area contributed by atoms with Crippen molar-refractivity contribution in [2.75, 3.05) is 20.3 Å². The lowest BCUT2D eigenvalue weighted by atomic mass is 10.2. The van der Waals surface area contributed by atoms with Crippen molar-refractivity contribution in [1.29, 1.82) is 0 Å². The highest BCUT2D eigenvalue weighted by Crippen LogP contribution is 2.28. The lowest BCUT2D eigenvalue weighted by Gasteiger charge is -2.23. The Morgan fingerprint density at radius 1 is 1.50 bits per heavy atom. The van der Waals surface area contributed by atoms with Gasteiger partial charge in [-0.1, -0.05) is 11.6 Å². The maximum absolute atomic E-state index is 13.7. The molecule has 1 aliphatic heterocycles. The Bertz CT molecular complexity index is 603. The third-order valence-corrected chi connectivity index (χ3v) is 5.92. The second-order valence-corrected chi connectivity index (χ2v) is 7.19. The van der Waals surface area contributed by atoms with Gasteiger partial charge in [-0.3, -0.25) is 0 Å². The van der Waals surface area contributed by atoms with Crippen LogP contribution in [0.1, 0.15) is 12.0 Å². The van der Waals surface area contributed by atoms with Crippen LogP contribution in [0.2, 0.25) is 5.02 Å². The summed E-state index contributed by atoms with van der Waals surface area (Å²) in [6.45, 7) is 0.862. The summed E-state index contributed by atoms with van der Waals surface area (Å²) >= 11 is 11.4. The van der Waals surface area contributed by atoms with Gasteiger partial charge in [-0.25, -0.2) is 12.8 Å². The first kappa shape index (κ1) is 16.0. The summed E-state index contributed by atoms with van der Waals surface area (Å²) in [6, 6.07) is 1.98. The van der Waals surface area contributed by atoms with E-state index in [1.54, 1.807) is 0 Å². The second-order valence-electron chi connectivity index (χ2n) is 4.55. The van der Waals surface area contributed by atoms with Gasteiger partial charge in [0.25, 0.3) is 0 Å². The Hall–Kier alpha value is -0.400. The molecule has 8 heteroatoms. The van der Waals surface area contributed by atoms with Crippen molar-refractivity contribution in [2.24, 2.45) is 0 Å². The summed E-state index contributed by atoms with van der Waals surface area (Å²) < 4.78 is 45.0. The molecule has 1 unspecified atom stereocenters. The number of alkyl halides is 1. The first-order chi connectivity index (χ1) is 9.37. The van der Waals surface area contributed by atoms with Crippen LogP contribution in [0.5, 0.6) is 0 Å². The van der Waals surface area contributed by atoms with Gasteiger partial charge in [0.05, 0.1) is 22.6 Å². The first-order valence-electron chi connectivity index (χ1n) is 5.97. The van der Waals surface area contributed by atoms with E-state index in [1.165, 1.54) is 17.4 Å². The van der Waals surface area contributed by atoms with E-state index in [0.717, 1.165) is 6.07 Å². The molecule has 1 aromatic carbocycles. The van der Waals surface area contributed by atoms with Gasteiger partial charge < -0.3 is 4.74 Å². The molecule has 1 fully saturated rings. The molecular formula is C12H14Cl2FNO3S. The van der Waals surface area contributed by atoms with E-state index in [1.807, 2.05) is 0 Å². The molecule has 4 nitrogen and oxygen atoms in total. The van der Waals surface area contributed by atoms with Gasteiger partial charge >= 0.3 is 0 Å². The average molecular weight is 342 g/mol. The van der Waals surface area contributed by atoms with Crippen LogP contribution >= 0.6 is 23.2 Å². The quantitative estimate of drug-likeness (QED) is 0.791. The van der Waals surface area contributed by atoms with Crippen molar-refractivity contribution >= 4 is 33.2 Å². The van der Waals surface area contributed by atoms with Crippen molar-refractivity contribution in [1.82, 2.24) is 4.31 Å². The summed E-state index contributed by atoms with van der Waals surface area (Å²) in [4.78, 5) is -0.149. The SMILES string of the molecule is CN(C1CCOC1)S(=O)(=O)c1cc(F)c(Cl)c(CCl)c1. The molecule has 0 N–H and O–H groups in total. The molecule has 1 atom stereocenters. The Morgan fingerprint density at radius 3 is 2.75 bits per heavy atom. The van der Waals surface area contributed by atoms with Crippen LogP contribution in [0.4, 0.5) is 4.39 Å². The van der Waals surface area contributed by atoms with E-state index in [2.05, 4.69) is 0 Å². The molecule has 0 amide bonds. The molecular weight excluding hydrogens is 328 g/mol. The van der Waals surface area contributed by atoms with Crippen molar-refractivity contribution in [2.45, 2.75) is 23.2 Å². The van der Waals surface area contributed by atoms with Crippen LogP contribution in [0, 0.1) is 5.82 Å². The molecule has 1 aromatic rings. The Morgan fingerprint density at radius 2 is 2.20 bits per heavy atom. The number of likely N-dealkylation sites (N-methyl/N-ethyl adjacent to an activating group) is 1. The zero-order valence-corrected chi connectivity index (χ0v) is 13.1. The highest BCUT2D eigenvalue weighted by Gasteiger charge is 2.31. The molecule has 0 bridgehead atoms. The van der Waals surface area contributed by atoms with Gasteiger partial charge in [0.2, 0.25) is 10.0 Å². The van der Waals surface area contributed by atoms with Gasteiger partial charge in [-0.2, -0.15) is 4.31 Å². The predicted octanol–water partition coefficient (Wildman–Crippen LogP) is 2.63. The zero-order chi connectivity index (χ0) is 14.9. The van der Waals surface area contributed by atoms with E-state index in [0.29, 0.717) is 19.6 Å². The summed E-state index contributed by atoms with van der Waals surface area (Å²) in [5.74, 6) is -0.852. The number of sulfonamides is 1. The number of ether oxygens (including phenoxy) is 1. The number of hydrogen-bond acceptors (Lipinski definition) is 3. The second kappa shape index (κ2) is 6.15. The molecule has 0 aromatic heterocycles. The first-order valence-corrected chi connectivity index (χ1v) is 8.33. The number of rotatable bonds is 4. The maximum atomic E-state index is 13.7. The van der Waals surface area contributed by atoms with Gasteiger partial charge in [0, 0.05) is 19.5 Å². The smallest absolute Gasteiger partial charge is 0.243 e. The van der Waals surface area contributed by atoms with Crippen LogP contribution in [0.3, 0.4) is 0 Å². The Balaban J connectivity index is 2.41. The largest absolute Gasteiger partial charge is 0.380 e. The number of hydrogen-bond donors (Lipinski definition) is 0. The summed E-state index contributed by atoms with van der Waals surface area (Å²) in [5.41, 5.74) is 0.253. The van der Waals surface area contributed by atoms with E-state index < -0.39 is 15.8 Å².